The summed E-state index contributed by atoms with van der Waals surface area (Å²) < 4.78 is 7.59. The summed E-state index contributed by atoms with van der Waals surface area (Å²) in [7, 11) is 1.68. The lowest BCUT2D eigenvalue weighted by molar-refractivity contribution is 0.235. The lowest BCUT2D eigenvalue weighted by Crippen LogP contribution is -2.31. The quantitative estimate of drug-likeness (QED) is 0.544. The zero-order valence-corrected chi connectivity index (χ0v) is 15.7. The highest BCUT2D eigenvalue weighted by atomic mass is 32.1. The van der Waals surface area contributed by atoms with E-state index in [-0.39, 0.29) is 0 Å². The first-order chi connectivity index (χ1) is 13.3. The minimum atomic E-state index is 0.704. The SMILES string of the molecule is COc1nc2sccn2c1CN1CCc2nc(-c3cccnc3)ncc2C1. The van der Waals surface area contributed by atoms with Crippen LogP contribution in [0.4, 0.5) is 0 Å². The Morgan fingerprint density at radius 1 is 1.26 bits per heavy atom. The molecule has 8 heteroatoms. The highest BCUT2D eigenvalue weighted by Crippen LogP contribution is 2.27. The van der Waals surface area contributed by atoms with Crippen LogP contribution in [-0.2, 0) is 19.5 Å². The van der Waals surface area contributed by atoms with Crippen molar-refractivity contribution in [2.45, 2.75) is 19.5 Å². The van der Waals surface area contributed by atoms with Crippen molar-refractivity contribution < 1.29 is 4.74 Å². The smallest absolute Gasteiger partial charge is 0.237 e. The summed E-state index contributed by atoms with van der Waals surface area (Å²) >= 11 is 1.62. The fourth-order valence-electron chi connectivity index (χ4n) is 3.48. The number of aromatic nitrogens is 5. The third-order valence-electron chi connectivity index (χ3n) is 4.82. The maximum atomic E-state index is 5.48. The molecule has 0 saturated carbocycles. The standard InChI is InChI=1S/C19H18N6OS/c1-26-18-16(25-7-8-27-19(25)23-18)12-24-6-4-15-14(11-24)10-21-17(22-15)13-3-2-5-20-9-13/h2-3,5,7-10H,4,6,11-12H2,1H3. The molecule has 0 amide bonds. The molecule has 1 aliphatic rings. The van der Waals surface area contributed by atoms with Crippen molar-refractivity contribution in [2.75, 3.05) is 13.7 Å². The summed E-state index contributed by atoms with van der Waals surface area (Å²) in [6, 6.07) is 3.89. The van der Waals surface area contributed by atoms with Crippen molar-refractivity contribution in [1.29, 1.82) is 0 Å². The van der Waals surface area contributed by atoms with E-state index in [1.165, 1.54) is 5.56 Å². The molecule has 0 N–H and O–H groups in total. The molecule has 1 aliphatic heterocycles. The van der Waals surface area contributed by atoms with E-state index in [0.29, 0.717) is 5.88 Å². The second-order valence-corrected chi connectivity index (χ2v) is 7.36. The van der Waals surface area contributed by atoms with Crippen LogP contribution in [0.2, 0.25) is 0 Å². The van der Waals surface area contributed by atoms with E-state index in [1.807, 2.05) is 29.9 Å². The zero-order chi connectivity index (χ0) is 18.2. The molecular weight excluding hydrogens is 360 g/mol. The van der Waals surface area contributed by atoms with Gasteiger partial charge in [-0.05, 0) is 12.1 Å². The largest absolute Gasteiger partial charge is 0.480 e. The molecular formula is C19H18N6OS. The normalized spacial score (nSPS) is 14.4. The molecule has 0 spiro atoms. The van der Waals surface area contributed by atoms with Crippen LogP contribution in [-0.4, -0.2) is 42.9 Å². The van der Waals surface area contributed by atoms with Crippen molar-refractivity contribution >= 4 is 16.3 Å². The summed E-state index contributed by atoms with van der Waals surface area (Å²) in [5.41, 5.74) is 4.34. The minimum Gasteiger partial charge on any atom is -0.480 e. The Morgan fingerprint density at radius 2 is 2.22 bits per heavy atom. The van der Waals surface area contributed by atoms with E-state index < -0.39 is 0 Å². The molecule has 4 aromatic rings. The van der Waals surface area contributed by atoms with Crippen molar-refractivity contribution in [3.63, 3.8) is 0 Å². The van der Waals surface area contributed by atoms with Crippen molar-refractivity contribution in [3.05, 3.63) is 59.3 Å². The molecule has 0 saturated heterocycles. The van der Waals surface area contributed by atoms with Gasteiger partial charge in [0.15, 0.2) is 10.8 Å². The van der Waals surface area contributed by atoms with Gasteiger partial charge in [0.2, 0.25) is 5.88 Å². The van der Waals surface area contributed by atoms with Gasteiger partial charge in [-0.1, -0.05) is 0 Å². The third kappa shape index (κ3) is 2.96. The van der Waals surface area contributed by atoms with E-state index in [0.717, 1.165) is 53.8 Å². The van der Waals surface area contributed by atoms with Gasteiger partial charge in [0.05, 0.1) is 12.8 Å². The second kappa shape index (κ2) is 6.71. The van der Waals surface area contributed by atoms with Gasteiger partial charge in [-0.25, -0.2) is 9.97 Å². The molecule has 0 bridgehead atoms. The molecule has 7 nitrogen and oxygen atoms in total. The summed E-state index contributed by atoms with van der Waals surface area (Å²) in [5.74, 6) is 1.45. The molecule has 0 fully saturated rings. The van der Waals surface area contributed by atoms with Crippen LogP contribution in [0.5, 0.6) is 5.88 Å². The number of ether oxygens (including phenoxy) is 1. The first kappa shape index (κ1) is 16.3. The highest BCUT2D eigenvalue weighted by Gasteiger charge is 2.22. The molecule has 27 heavy (non-hydrogen) atoms. The number of fused-ring (bicyclic) bond motifs is 2. The third-order valence-corrected chi connectivity index (χ3v) is 5.58. The van der Waals surface area contributed by atoms with Gasteiger partial charge in [0.1, 0.15) is 5.69 Å². The Kier molecular flexibility index (Phi) is 4.06. The van der Waals surface area contributed by atoms with Gasteiger partial charge in [0, 0.05) is 67.3 Å². The molecule has 0 unspecified atom stereocenters. The predicted molar refractivity (Wildman–Crippen MR) is 103 cm³/mol. The van der Waals surface area contributed by atoms with Crippen molar-refractivity contribution in [2.24, 2.45) is 0 Å². The Hall–Kier alpha value is -2.84. The molecule has 0 aromatic carbocycles. The molecule has 5 rings (SSSR count). The average Bonchev–Trinajstić information content (AvgIpc) is 3.30. The average molecular weight is 378 g/mol. The van der Waals surface area contributed by atoms with E-state index in [2.05, 4.69) is 24.3 Å². The van der Waals surface area contributed by atoms with Crippen LogP contribution in [0.15, 0.2) is 42.3 Å². The Morgan fingerprint density at radius 3 is 3.07 bits per heavy atom. The maximum absolute atomic E-state index is 5.48. The summed E-state index contributed by atoms with van der Waals surface area (Å²) in [4.78, 5) is 21.4. The number of hydrogen-bond acceptors (Lipinski definition) is 7. The molecule has 5 heterocycles. The van der Waals surface area contributed by atoms with Gasteiger partial charge in [-0.3, -0.25) is 14.3 Å². The Bertz CT molecular complexity index is 1090. The molecule has 0 radical (unpaired) electrons. The number of thiazole rings is 1. The van der Waals surface area contributed by atoms with E-state index in [1.54, 1.807) is 30.8 Å². The predicted octanol–water partition coefficient (Wildman–Crippen LogP) is 2.81. The van der Waals surface area contributed by atoms with Crippen LogP contribution >= 0.6 is 11.3 Å². The van der Waals surface area contributed by atoms with Gasteiger partial charge in [-0.2, -0.15) is 4.98 Å². The number of imidazole rings is 1. The van der Waals surface area contributed by atoms with Crippen LogP contribution in [0.3, 0.4) is 0 Å². The maximum Gasteiger partial charge on any atom is 0.237 e. The number of hydrogen-bond donors (Lipinski definition) is 0. The fourth-order valence-corrected chi connectivity index (χ4v) is 4.20. The molecule has 0 atom stereocenters. The zero-order valence-electron chi connectivity index (χ0n) is 14.9. The van der Waals surface area contributed by atoms with E-state index in [9.17, 15) is 0 Å². The first-order valence-corrected chi connectivity index (χ1v) is 9.66. The summed E-state index contributed by atoms with van der Waals surface area (Å²) in [6.45, 7) is 2.55. The minimum absolute atomic E-state index is 0.704. The van der Waals surface area contributed by atoms with Crippen molar-refractivity contribution in [1.82, 2.24) is 29.2 Å². The monoisotopic (exact) mass is 378 g/mol. The fraction of sp³-hybridized carbons (Fsp3) is 0.263. The number of nitrogens with zero attached hydrogens (tertiary/aromatic N) is 6. The topological polar surface area (TPSA) is 68.4 Å². The Labute approximate surface area is 160 Å². The van der Waals surface area contributed by atoms with Crippen LogP contribution in [0, 0.1) is 0 Å². The van der Waals surface area contributed by atoms with Gasteiger partial charge in [0.25, 0.3) is 0 Å². The van der Waals surface area contributed by atoms with Crippen LogP contribution < -0.4 is 4.74 Å². The Balaban J connectivity index is 1.39. The lowest BCUT2D eigenvalue weighted by atomic mass is 10.1. The van der Waals surface area contributed by atoms with Gasteiger partial charge >= 0.3 is 0 Å². The van der Waals surface area contributed by atoms with E-state index >= 15 is 0 Å². The van der Waals surface area contributed by atoms with Gasteiger partial charge in [-0.15, -0.1) is 11.3 Å². The summed E-state index contributed by atoms with van der Waals surface area (Å²) in [5, 5.41) is 2.05. The number of methoxy groups -OCH3 is 1. The molecule has 0 aliphatic carbocycles. The van der Waals surface area contributed by atoms with E-state index in [4.69, 9.17) is 9.72 Å². The lowest BCUT2D eigenvalue weighted by Gasteiger charge is -2.27. The first-order valence-electron chi connectivity index (χ1n) is 8.78. The van der Waals surface area contributed by atoms with Crippen LogP contribution in [0.1, 0.15) is 17.0 Å². The summed E-state index contributed by atoms with van der Waals surface area (Å²) in [6.07, 6.45) is 8.46. The molecule has 136 valence electrons. The highest BCUT2D eigenvalue weighted by molar-refractivity contribution is 7.15. The number of pyridine rings is 1. The molecule has 4 aromatic heterocycles. The van der Waals surface area contributed by atoms with Crippen molar-refractivity contribution in [3.8, 4) is 17.3 Å². The number of rotatable bonds is 4. The second-order valence-electron chi connectivity index (χ2n) is 6.49. The van der Waals surface area contributed by atoms with Crippen LogP contribution in [0.25, 0.3) is 16.3 Å². The van der Waals surface area contributed by atoms with Gasteiger partial charge < -0.3 is 4.74 Å².